The molecule has 19 heteroatoms. The summed E-state index contributed by atoms with van der Waals surface area (Å²) in [4.78, 5) is 72.3. The molecule has 0 aromatic rings. The molecule has 17 nitrogen and oxygen atoms in total. The summed E-state index contributed by atoms with van der Waals surface area (Å²) in [5, 5.41) is 10.5. The molecule has 0 saturated heterocycles. The Kier molecular flexibility index (Phi) is 53.9. The van der Waals surface area contributed by atoms with Crippen LogP contribution in [0.15, 0.2) is 0 Å². The van der Waals surface area contributed by atoms with Gasteiger partial charge in [0.2, 0.25) is 0 Å². The number of hydrogen-bond donors (Lipinski definition) is 3. The van der Waals surface area contributed by atoms with Crippen LogP contribution in [0.4, 0.5) is 0 Å². The van der Waals surface area contributed by atoms with Crippen LogP contribution >= 0.6 is 15.6 Å². The fraction of sp³-hybridized carbons (Fsp3) is 0.938. The summed E-state index contributed by atoms with van der Waals surface area (Å²) < 4.78 is 68.0. The summed E-state index contributed by atoms with van der Waals surface area (Å²) in [5.41, 5.74) is 0. The molecule has 8 atom stereocenters. The normalized spacial score (nSPS) is 15.4. The molecule has 0 bridgehead atoms. The zero-order valence-electron chi connectivity index (χ0n) is 54.5. The molecule has 0 aliphatic rings. The molecule has 0 spiro atoms. The zero-order valence-corrected chi connectivity index (χ0v) is 56.3. The maximum Gasteiger partial charge on any atom is 0.472 e. The minimum atomic E-state index is -4.95. The number of carbonyl (C=O) groups excluding carboxylic acids is 4. The Morgan fingerprint density at radius 1 is 0.333 bits per heavy atom. The van der Waals surface area contributed by atoms with Crippen LogP contribution in [0, 0.1) is 23.7 Å². The van der Waals surface area contributed by atoms with E-state index in [0.29, 0.717) is 31.6 Å². The SMILES string of the molecule is CCC(C)CCCCCCCCCCC(=O)OC[C@H](COP(=O)(O)OC[C@@H](O)COP(=O)(O)OC[C@@H](COC(=O)CCCCCCCCC(C)CC)OC(=O)CCCCCCCCCC(C)C)OC(=O)CCCCCCCCCCC(C)CC. The summed E-state index contributed by atoms with van der Waals surface area (Å²) in [5.74, 6) is 0.833. The second-order valence-electron chi connectivity index (χ2n) is 24.7. The molecule has 0 amide bonds. The van der Waals surface area contributed by atoms with Gasteiger partial charge in [0.1, 0.15) is 19.3 Å². The van der Waals surface area contributed by atoms with Gasteiger partial charge in [0.05, 0.1) is 26.4 Å². The van der Waals surface area contributed by atoms with Crippen LogP contribution in [0.3, 0.4) is 0 Å². The molecule has 0 radical (unpaired) electrons. The van der Waals surface area contributed by atoms with E-state index in [1.807, 2.05) is 0 Å². The van der Waals surface area contributed by atoms with Crippen molar-refractivity contribution in [3.05, 3.63) is 0 Å². The van der Waals surface area contributed by atoms with E-state index < -0.39 is 97.5 Å². The van der Waals surface area contributed by atoms with Crippen LogP contribution in [-0.2, 0) is 65.4 Å². The van der Waals surface area contributed by atoms with Gasteiger partial charge in [0.25, 0.3) is 0 Å². The molecule has 0 aromatic heterocycles. The van der Waals surface area contributed by atoms with E-state index in [1.54, 1.807) is 0 Å². The molecule has 5 unspecified atom stereocenters. The number of unbranched alkanes of at least 4 members (excludes halogenated alkanes) is 25. The minimum Gasteiger partial charge on any atom is -0.462 e. The van der Waals surface area contributed by atoms with Crippen molar-refractivity contribution in [1.82, 2.24) is 0 Å². The number of esters is 4. The maximum absolute atomic E-state index is 13.0. The van der Waals surface area contributed by atoms with E-state index >= 15 is 0 Å². The first kappa shape index (κ1) is 82.1. The number of hydrogen-bond acceptors (Lipinski definition) is 15. The lowest BCUT2D eigenvalue weighted by Crippen LogP contribution is -2.30. The van der Waals surface area contributed by atoms with Crippen LogP contribution in [0.1, 0.15) is 312 Å². The summed E-state index contributed by atoms with van der Waals surface area (Å²) in [6, 6.07) is 0. The predicted octanol–water partition coefficient (Wildman–Crippen LogP) is 17.8. The molecule has 0 aliphatic heterocycles. The Balaban J connectivity index is 5.27. The van der Waals surface area contributed by atoms with E-state index in [4.69, 9.17) is 37.0 Å². The van der Waals surface area contributed by atoms with Gasteiger partial charge in [0, 0.05) is 25.7 Å². The van der Waals surface area contributed by atoms with Gasteiger partial charge in [0.15, 0.2) is 12.2 Å². The number of phosphoric acid groups is 2. The predicted molar refractivity (Wildman–Crippen MR) is 335 cm³/mol. The van der Waals surface area contributed by atoms with Crippen LogP contribution in [0.5, 0.6) is 0 Å². The standard InChI is InChI=1S/C65H126O17P2/c1-9-56(6)42-34-26-18-12-14-20-29-37-45-62(67)75-51-60(81-64(69)47-39-31-21-15-13-19-27-35-43-57(7)10-2)53-79-83(71,72)77-49-59(66)50-78-84(73,74)80-54-61(82-65(70)48-40-32-22-16-17-25-33-41-55(4)5)52-76-63(68)46-38-30-24-23-28-36-44-58(8)11-3/h55-61,66H,9-54H2,1-8H3,(H,71,72)(H,73,74)/t56?,57?,58?,59-,60-,61-/m1/s1. The summed E-state index contributed by atoms with van der Waals surface area (Å²) in [7, 11) is -9.89. The van der Waals surface area contributed by atoms with E-state index in [0.717, 1.165) is 114 Å². The monoisotopic (exact) mass is 1240 g/mol. The third kappa shape index (κ3) is 55.4. The van der Waals surface area contributed by atoms with Crippen molar-refractivity contribution >= 4 is 39.5 Å². The average molecular weight is 1240 g/mol. The van der Waals surface area contributed by atoms with Crippen molar-refractivity contribution in [2.75, 3.05) is 39.6 Å². The number of aliphatic hydroxyl groups excluding tert-OH is 1. The van der Waals surface area contributed by atoms with Crippen molar-refractivity contribution in [2.45, 2.75) is 331 Å². The average Bonchev–Trinajstić information content (AvgIpc) is 3.46. The van der Waals surface area contributed by atoms with Gasteiger partial charge in [-0.2, -0.15) is 0 Å². The molecule has 3 N–H and O–H groups in total. The zero-order chi connectivity index (χ0) is 62.5. The number of aliphatic hydroxyl groups is 1. The molecular formula is C65H126O17P2. The smallest absolute Gasteiger partial charge is 0.462 e. The van der Waals surface area contributed by atoms with E-state index in [2.05, 4.69) is 55.4 Å². The Labute approximate surface area is 511 Å². The highest BCUT2D eigenvalue weighted by Gasteiger charge is 2.30. The number of rotatable bonds is 62. The lowest BCUT2D eigenvalue weighted by atomic mass is 9.99. The van der Waals surface area contributed by atoms with Gasteiger partial charge >= 0.3 is 39.5 Å². The third-order valence-corrected chi connectivity index (χ3v) is 17.8. The second kappa shape index (κ2) is 55.2. The summed E-state index contributed by atoms with van der Waals surface area (Å²) in [6.07, 6.45) is 34.8. The van der Waals surface area contributed by atoms with Crippen molar-refractivity contribution < 1.29 is 80.2 Å². The van der Waals surface area contributed by atoms with Crippen molar-refractivity contribution in [3.63, 3.8) is 0 Å². The van der Waals surface area contributed by atoms with Crippen LogP contribution < -0.4 is 0 Å². The van der Waals surface area contributed by atoms with Gasteiger partial charge in [-0.15, -0.1) is 0 Å². The highest BCUT2D eigenvalue weighted by Crippen LogP contribution is 2.45. The highest BCUT2D eigenvalue weighted by molar-refractivity contribution is 7.47. The van der Waals surface area contributed by atoms with Crippen molar-refractivity contribution in [1.29, 1.82) is 0 Å². The fourth-order valence-corrected chi connectivity index (χ4v) is 11.1. The number of carbonyl (C=O) groups is 4. The first-order valence-corrected chi connectivity index (χ1v) is 36.8. The lowest BCUT2D eigenvalue weighted by molar-refractivity contribution is -0.161. The number of ether oxygens (including phenoxy) is 4. The molecule has 0 aliphatic carbocycles. The Morgan fingerprint density at radius 2 is 0.571 bits per heavy atom. The second-order valence-corrected chi connectivity index (χ2v) is 27.6. The largest absolute Gasteiger partial charge is 0.472 e. The molecule has 498 valence electrons. The first-order valence-electron chi connectivity index (χ1n) is 33.8. The topological polar surface area (TPSA) is 237 Å². The molecule has 0 rings (SSSR count). The van der Waals surface area contributed by atoms with Gasteiger partial charge in [-0.25, -0.2) is 9.13 Å². The molecule has 0 fully saturated rings. The van der Waals surface area contributed by atoms with Crippen molar-refractivity contribution in [3.8, 4) is 0 Å². The Bertz CT molecular complexity index is 1680. The summed E-state index contributed by atoms with van der Waals surface area (Å²) >= 11 is 0. The van der Waals surface area contributed by atoms with Crippen LogP contribution in [0.25, 0.3) is 0 Å². The number of phosphoric ester groups is 2. The third-order valence-electron chi connectivity index (χ3n) is 15.9. The minimum absolute atomic E-state index is 0.102. The quantitative estimate of drug-likeness (QED) is 0.0222. The molecular weight excluding hydrogens is 1110 g/mol. The van der Waals surface area contributed by atoms with Gasteiger partial charge in [-0.3, -0.25) is 37.3 Å². The lowest BCUT2D eigenvalue weighted by Gasteiger charge is -2.21. The van der Waals surface area contributed by atoms with Crippen LogP contribution in [0.2, 0.25) is 0 Å². The van der Waals surface area contributed by atoms with Gasteiger partial charge in [-0.1, -0.05) is 261 Å². The van der Waals surface area contributed by atoms with E-state index in [9.17, 15) is 43.2 Å². The molecule has 0 heterocycles. The first-order chi connectivity index (χ1) is 40.2. The Morgan fingerprint density at radius 3 is 0.845 bits per heavy atom. The maximum atomic E-state index is 13.0. The molecule has 0 aromatic carbocycles. The van der Waals surface area contributed by atoms with Gasteiger partial charge < -0.3 is 33.8 Å². The van der Waals surface area contributed by atoms with Gasteiger partial charge in [-0.05, 0) is 49.4 Å². The molecule has 84 heavy (non-hydrogen) atoms. The Hall–Kier alpha value is -1.94. The van der Waals surface area contributed by atoms with E-state index in [1.165, 1.54) is 109 Å². The van der Waals surface area contributed by atoms with Crippen LogP contribution in [-0.4, -0.2) is 96.7 Å². The fourth-order valence-electron chi connectivity index (χ4n) is 9.51. The summed E-state index contributed by atoms with van der Waals surface area (Å²) in [6.45, 7) is 14.0. The molecule has 0 saturated carbocycles. The van der Waals surface area contributed by atoms with Crippen molar-refractivity contribution in [2.24, 2.45) is 23.7 Å². The van der Waals surface area contributed by atoms with E-state index in [-0.39, 0.29) is 25.7 Å². The highest BCUT2D eigenvalue weighted by atomic mass is 31.2.